The fourth-order valence-corrected chi connectivity index (χ4v) is 1.80. The molecule has 0 amide bonds. The van der Waals surface area contributed by atoms with E-state index >= 15 is 0 Å². The monoisotopic (exact) mass is 208 g/mol. The number of rotatable bonds is 1. The van der Waals surface area contributed by atoms with E-state index in [4.69, 9.17) is 9.47 Å². The van der Waals surface area contributed by atoms with E-state index in [1.165, 1.54) is 18.2 Å². The number of hydrogen-bond acceptors (Lipinski definition) is 3. The molecule has 0 radical (unpaired) electrons. The molecule has 78 valence electrons. The summed E-state index contributed by atoms with van der Waals surface area (Å²) in [5.41, 5.74) is 0.340. The van der Waals surface area contributed by atoms with Crippen LogP contribution >= 0.6 is 0 Å². The minimum Gasteiger partial charge on any atom is -0.486 e. The number of epoxide rings is 1. The van der Waals surface area contributed by atoms with Gasteiger partial charge in [0.25, 0.3) is 0 Å². The zero-order valence-corrected chi connectivity index (χ0v) is 7.90. The maximum Gasteiger partial charge on any atom is 0.170 e. The Morgan fingerprint density at radius 3 is 2.87 bits per heavy atom. The summed E-state index contributed by atoms with van der Waals surface area (Å²) < 4.78 is 23.6. The van der Waals surface area contributed by atoms with Crippen LogP contribution in [0.25, 0.3) is 0 Å². The van der Waals surface area contributed by atoms with Crippen molar-refractivity contribution >= 4 is 5.78 Å². The Labute approximate surface area is 85.8 Å². The first-order chi connectivity index (χ1) is 7.24. The van der Waals surface area contributed by atoms with Crippen LogP contribution in [0.15, 0.2) is 18.2 Å². The van der Waals surface area contributed by atoms with Gasteiger partial charge in [-0.1, -0.05) is 0 Å². The summed E-state index contributed by atoms with van der Waals surface area (Å²) in [7, 11) is 0. The highest BCUT2D eigenvalue weighted by atomic mass is 19.1. The van der Waals surface area contributed by atoms with Crippen LogP contribution in [0.1, 0.15) is 16.8 Å². The van der Waals surface area contributed by atoms with Gasteiger partial charge in [0.2, 0.25) is 0 Å². The number of fused-ring (bicyclic) bond motifs is 1. The van der Waals surface area contributed by atoms with E-state index in [-0.39, 0.29) is 24.4 Å². The van der Waals surface area contributed by atoms with E-state index in [0.717, 1.165) is 0 Å². The highest BCUT2D eigenvalue weighted by Gasteiger charge is 2.39. The van der Waals surface area contributed by atoms with Crippen LogP contribution in [0.5, 0.6) is 5.75 Å². The molecule has 0 spiro atoms. The fourth-order valence-electron chi connectivity index (χ4n) is 1.80. The fraction of sp³-hybridized carbons (Fsp3) is 0.364. The van der Waals surface area contributed by atoms with Gasteiger partial charge in [-0.15, -0.1) is 0 Å². The second kappa shape index (κ2) is 3.03. The van der Waals surface area contributed by atoms with Crippen LogP contribution in [-0.2, 0) is 4.74 Å². The minimum atomic E-state index is -0.410. The van der Waals surface area contributed by atoms with Crippen molar-refractivity contribution in [3.8, 4) is 5.75 Å². The Hall–Kier alpha value is -1.42. The number of benzene rings is 1. The lowest BCUT2D eigenvalue weighted by molar-refractivity contribution is 0.0799. The molecule has 3 rings (SSSR count). The van der Waals surface area contributed by atoms with Crippen LogP contribution in [-0.4, -0.2) is 24.6 Å². The maximum atomic E-state index is 12.9. The number of Topliss-reactive ketones (excluding diaryl/α,β-unsaturated/α-hetero) is 1. The van der Waals surface area contributed by atoms with Crippen molar-refractivity contribution in [3.63, 3.8) is 0 Å². The SMILES string of the molecule is O=C1CC([C@H]2CO2)Oc2ccc(F)cc21. The van der Waals surface area contributed by atoms with Crippen LogP contribution in [0, 0.1) is 5.82 Å². The molecular formula is C11H9FO3. The molecule has 4 heteroatoms. The van der Waals surface area contributed by atoms with Crippen molar-refractivity contribution < 1.29 is 18.7 Å². The zero-order chi connectivity index (χ0) is 10.4. The number of halogens is 1. The molecular weight excluding hydrogens is 199 g/mol. The second-order valence-electron chi connectivity index (χ2n) is 3.80. The van der Waals surface area contributed by atoms with Gasteiger partial charge >= 0.3 is 0 Å². The van der Waals surface area contributed by atoms with Gasteiger partial charge in [0, 0.05) is 0 Å². The zero-order valence-electron chi connectivity index (χ0n) is 7.90. The highest BCUT2D eigenvalue weighted by molar-refractivity contribution is 6.00. The summed E-state index contributed by atoms with van der Waals surface area (Å²) in [5, 5.41) is 0. The lowest BCUT2D eigenvalue weighted by Gasteiger charge is -2.23. The van der Waals surface area contributed by atoms with Gasteiger partial charge in [-0.05, 0) is 18.2 Å². The third-order valence-corrected chi connectivity index (χ3v) is 2.68. The maximum absolute atomic E-state index is 12.9. The largest absolute Gasteiger partial charge is 0.486 e. The van der Waals surface area contributed by atoms with Crippen molar-refractivity contribution in [1.29, 1.82) is 0 Å². The molecule has 0 aromatic heterocycles. The third-order valence-electron chi connectivity index (χ3n) is 2.68. The topological polar surface area (TPSA) is 38.8 Å². The second-order valence-corrected chi connectivity index (χ2v) is 3.80. The molecule has 15 heavy (non-hydrogen) atoms. The van der Waals surface area contributed by atoms with Crippen LogP contribution in [0.2, 0.25) is 0 Å². The molecule has 1 saturated heterocycles. The van der Waals surface area contributed by atoms with Gasteiger partial charge in [-0.3, -0.25) is 4.79 Å². The molecule has 1 aromatic rings. The quantitative estimate of drug-likeness (QED) is 0.657. The third kappa shape index (κ3) is 1.51. The molecule has 2 aliphatic rings. The van der Waals surface area contributed by atoms with Gasteiger partial charge < -0.3 is 9.47 Å². The molecule has 0 aliphatic carbocycles. The number of ether oxygens (including phenoxy) is 2. The average molecular weight is 208 g/mol. The van der Waals surface area contributed by atoms with Crippen molar-refractivity contribution in [1.82, 2.24) is 0 Å². The van der Waals surface area contributed by atoms with Gasteiger partial charge in [0.05, 0.1) is 18.6 Å². The first kappa shape index (κ1) is 8.85. The molecule has 2 heterocycles. The Kier molecular flexibility index (Phi) is 1.79. The van der Waals surface area contributed by atoms with Crippen LogP contribution in [0.4, 0.5) is 4.39 Å². The standard InChI is InChI=1S/C11H9FO3/c12-6-1-2-9-7(3-6)8(13)4-10(15-9)11-5-14-11/h1-3,10-11H,4-5H2/t10?,11-/m1/s1. The number of carbonyl (C=O) groups excluding carboxylic acids is 1. The summed E-state index contributed by atoms with van der Waals surface area (Å²) in [5.74, 6) is -0.0174. The first-order valence-corrected chi connectivity index (χ1v) is 4.85. The molecule has 2 atom stereocenters. The normalized spacial score (nSPS) is 28.2. The Bertz CT molecular complexity index is 426. The molecule has 1 unspecified atom stereocenters. The van der Waals surface area contributed by atoms with Crippen LogP contribution < -0.4 is 4.74 Å². The van der Waals surface area contributed by atoms with Crippen molar-refractivity contribution in [2.45, 2.75) is 18.6 Å². The minimum absolute atomic E-state index is 0.0344. The Morgan fingerprint density at radius 2 is 2.13 bits per heavy atom. The summed E-state index contributed by atoms with van der Waals surface area (Å²) in [6, 6.07) is 4.01. The Balaban J connectivity index is 1.96. The molecule has 0 bridgehead atoms. The lowest BCUT2D eigenvalue weighted by atomic mass is 9.99. The molecule has 2 aliphatic heterocycles. The average Bonchev–Trinajstić information content (AvgIpc) is 3.02. The van der Waals surface area contributed by atoms with Crippen molar-refractivity contribution in [2.24, 2.45) is 0 Å². The molecule has 3 nitrogen and oxygen atoms in total. The number of hydrogen-bond donors (Lipinski definition) is 0. The lowest BCUT2D eigenvalue weighted by Crippen LogP contribution is -2.31. The Morgan fingerprint density at radius 1 is 1.33 bits per heavy atom. The highest BCUT2D eigenvalue weighted by Crippen LogP contribution is 2.32. The summed E-state index contributed by atoms with van der Waals surface area (Å²) in [6.45, 7) is 0.647. The van der Waals surface area contributed by atoms with Crippen molar-refractivity contribution in [3.05, 3.63) is 29.6 Å². The van der Waals surface area contributed by atoms with E-state index in [1.54, 1.807) is 0 Å². The van der Waals surface area contributed by atoms with Gasteiger partial charge in [0.1, 0.15) is 23.8 Å². The van der Waals surface area contributed by atoms with E-state index in [1.807, 2.05) is 0 Å². The molecule has 1 fully saturated rings. The van der Waals surface area contributed by atoms with Gasteiger partial charge in [0.15, 0.2) is 5.78 Å². The summed E-state index contributed by atoms with van der Waals surface area (Å²) >= 11 is 0. The first-order valence-electron chi connectivity index (χ1n) is 4.85. The van der Waals surface area contributed by atoms with Gasteiger partial charge in [-0.2, -0.15) is 0 Å². The smallest absolute Gasteiger partial charge is 0.170 e. The van der Waals surface area contributed by atoms with E-state index < -0.39 is 5.82 Å². The summed E-state index contributed by atoms with van der Waals surface area (Å²) in [6.07, 6.45) is 0.115. The van der Waals surface area contributed by atoms with E-state index in [9.17, 15) is 9.18 Å². The van der Waals surface area contributed by atoms with E-state index in [2.05, 4.69) is 0 Å². The molecule has 1 aromatic carbocycles. The number of carbonyl (C=O) groups is 1. The predicted molar refractivity (Wildman–Crippen MR) is 49.5 cm³/mol. The predicted octanol–water partition coefficient (Wildman–Crippen LogP) is 1.56. The van der Waals surface area contributed by atoms with Gasteiger partial charge in [-0.25, -0.2) is 4.39 Å². The number of ketones is 1. The van der Waals surface area contributed by atoms with E-state index in [0.29, 0.717) is 17.9 Å². The van der Waals surface area contributed by atoms with Crippen molar-refractivity contribution in [2.75, 3.05) is 6.61 Å². The molecule has 0 saturated carbocycles. The van der Waals surface area contributed by atoms with Crippen LogP contribution in [0.3, 0.4) is 0 Å². The summed E-state index contributed by atoms with van der Waals surface area (Å²) in [4.78, 5) is 11.7. The molecule has 0 N–H and O–H groups in total.